The van der Waals surface area contributed by atoms with Crippen LogP contribution in [0.25, 0.3) is 0 Å². The number of benzene rings is 1. The lowest BCUT2D eigenvalue weighted by atomic mass is 9.93. The summed E-state index contributed by atoms with van der Waals surface area (Å²) in [5, 5.41) is 3.70. The van der Waals surface area contributed by atoms with Gasteiger partial charge in [-0.1, -0.05) is 43.2 Å². The van der Waals surface area contributed by atoms with E-state index in [0.717, 1.165) is 26.3 Å². The zero-order chi connectivity index (χ0) is 19.2. The van der Waals surface area contributed by atoms with Crippen molar-refractivity contribution in [3.8, 4) is 0 Å². The molecule has 1 fully saturated rings. The number of ether oxygens (including phenoxy) is 2. The van der Waals surface area contributed by atoms with Crippen LogP contribution in [0.5, 0.6) is 0 Å². The maximum absolute atomic E-state index is 6.12. The van der Waals surface area contributed by atoms with Crippen LogP contribution in [0.1, 0.15) is 56.9 Å². The molecular formula is C23H40N2O2. The number of nitrogens with zero attached hydrogens (tertiary/aromatic N) is 1. The fraction of sp³-hybridized carbons (Fsp3) is 0.739. The molecule has 0 amide bonds. The number of likely N-dealkylation sites (N-methyl/N-ethyl adjacent to an activating group) is 1. The highest BCUT2D eigenvalue weighted by atomic mass is 16.5. The minimum absolute atomic E-state index is 0.486. The van der Waals surface area contributed by atoms with Crippen molar-refractivity contribution in [3.63, 3.8) is 0 Å². The van der Waals surface area contributed by atoms with Gasteiger partial charge in [0, 0.05) is 32.8 Å². The maximum atomic E-state index is 6.12. The van der Waals surface area contributed by atoms with Gasteiger partial charge in [0.2, 0.25) is 0 Å². The molecule has 154 valence electrons. The highest BCUT2D eigenvalue weighted by Gasteiger charge is 2.20. The third-order valence-electron chi connectivity index (χ3n) is 5.58. The lowest BCUT2D eigenvalue weighted by Gasteiger charge is -2.29. The molecule has 0 aromatic heterocycles. The molecule has 1 N–H and O–H groups in total. The van der Waals surface area contributed by atoms with Gasteiger partial charge in [0.25, 0.3) is 0 Å². The van der Waals surface area contributed by atoms with Crippen molar-refractivity contribution >= 4 is 0 Å². The SMILES string of the molecule is COCCN(C)CCCCCCO[C@H]1CC[C@H](NCc2ccccc2)CC1. The van der Waals surface area contributed by atoms with E-state index in [2.05, 4.69) is 47.6 Å². The van der Waals surface area contributed by atoms with Gasteiger partial charge in [-0.2, -0.15) is 0 Å². The summed E-state index contributed by atoms with van der Waals surface area (Å²) >= 11 is 0. The van der Waals surface area contributed by atoms with E-state index in [-0.39, 0.29) is 0 Å². The second-order valence-electron chi connectivity index (χ2n) is 7.92. The molecule has 2 rings (SSSR count). The molecule has 0 spiro atoms. The quantitative estimate of drug-likeness (QED) is 0.492. The first kappa shape index (κ1) is 22.4. The largest absolute Gasteiger partial charge is 0.383 e. The van der Waals surface area contributed by atoms with E-state index in [0.29, 0.717) is 12.1 Å². The second-order valence-corrected chi connectivity index (χ2v) is 7.92. The van der Waals surface area contributed by atoms with E-state index in [9.17, 15) is 0 Å². The lowest BCUT2D eigenvalue weighted by molar-refractivity contribution is 0.0203. The van der Waals surface area contributed by atoms with Gasteiger partial charge in [0.05, 0.1) is 12.7 Å². The summed E-state index contributed by atoms with van der Waals surface area (Å²) in [5.41, 5.74) is 1.38. The molecule has 0 heterocycles. The summed E-state index contributed by atoms with van der Waals surface area (Å²) in [4.78, 5) is 2.35. The smallest absolute Gasteiger partial charge is 0.0589 e. The second kappa shape index (κ2) is 14.1. The monoisotopic (exact) mass is 376 g/mol. The Hall–Kier alpha value is -0.940. The molecule has 1 aliphatic rings. The number of hydrogen-bond acceptors (Lipinski definition) is 4. The molecule has 1 aromatic rings. The fourth-order valence-corrected chi connectivity index (χ4v) is 3.74. The lowest BCUT2D eigenvalue weighted by Crippen LogP contribution is -2.35. The summed E-state index contributed by atoms with van der Waals surface area (Å²) in [7, 11) is 3.94. The molecule has 4 heteroatoms. The predicted octanol–water partition coefficient (Wildman–Crippen LogP) is 4.24. The van der Waals surface area contributed by atoms with E-state index < -0.39 is 0 Å². The molecule has 0 saturated heterocycles. The van der Waals surface area contributed by atoms with Gasteiger partial charge >= 0.3 is 0 Å². The van der Waals surface area contributed by atoms with Gasteiger partial charge in [-0.25, -0.2) is 0 Å². The van der Waals surface area contributed by atoms with Crippen LogP contribution in [0.2, 0.25) is 0 Å². The van der Waals surface area contributed by atoms with Crippen LogP contribution in [0.3, 0.4) is 0 Å². The normalized spacial score (nSPS) is 20.3. The molecule has 4 nitrogen and oxygen atoms in total. The van der Waals surface area contributed by atoms with Gasteiger partial charge in [0.1, 0.15) is 0 Å². The first-order valence-electron chi connectivity index (χ1n) is 10.8. The van der Waals surface area contributed by atoms with Gasteiger partial charge in [-0.3, -0.25) is 0 Å². The number of hydrogen-bond donors (Lipinski definition) is 1. The van der Waals surface area contributed by atoms with Crippen LogP contribution in [-0.2, 0) is 16.0 Å². The highest BCUT2D eigenvalue weighted by Crippen LogP contribution is 2.22. The Balaban J connectivity index is 1.41. The molecule has 27 heavy (non-hydrogen) atoms. The van der Waals surface area contributed by atoms with Crippen LogP contribution in [0.4, 0.5) is 0 Å². The number of rotatable bonds is 14. The molecule has 1 aliphatic carbocycles. The minimum Gasteiger partial charge on any atom is -0.383 e. The molecular weight excluding hydrogens is 336 g/mol. The van der Waals surface area contributed by atoms with Crippen LogP contribution >= 0.6 is 0 Å². The van der Waals surface area contributed by atoms with Gasteiger partial charge in [-0.15, -0.1) is 0 Å². The standard InChI is InChI=1S/C23H40N2O2/c1-25(17-19-26-2)16-8-3-4-9-18-27-23-14-12-22(13-15-23)24-20-21-10-6-5-7-11-21/h5-7,10-11,22-24H,3-4,8-9,12-20H2,1-2H3/t22-,23-. The average molecular weight is 377 g/mol. The van der Waals surface area contributed by atoms with E-state index in [1.165, 1.54) is 63.5 Å². The van der Waals surface area contributed by atoms with Crippen molar-refractivity contribution in [2.75, 3.05) is 40.5 Å². The molecule has 0 atom stereocenters. The Morgan fingerprint density at radius 3 is 2.41 bits per heavy atom. The first-order chi connectivity index (χ1) is 13.3. The van der Waals surface area contributed by atoms with Crippen LogP contribution in [-0.4, -0.2) is 57.5 Å². The molecule has 0 bridgehead atoms. The Kier molecular flexibility index (Phi) is 11.7. The summed E-state index contributed by atoms with van der Waals surface area (Å²) < 4.78 is 11.2. The average Bonchev–Trinajstić information content (AvgIpc) is 2.71. The van der Waals surface area contributed by atoms with Crippen molar-refractivity contribution in [1.29, 1.82) is 0 Å². The van der Waals surface area contributed by atoms with Crippen LogP contribution in [0.15, 0.2) is 30.3 Å². The van der Waals surface area contributed by atoms with Gasteiger partial charge in [0.15, 0.2) is 0 Å². The Morgan fingerprint density at radius 2 is 1.67 bits per heavy atom. The highest BCUT2D eigenvalue weighted by molar-refractivity contribution is 5.14. The van der Waals surface area contributed by atoms with Crippen molar-refractivity contribution in [2.24, 2.45) is 0 Å². The summed E-state index contributed by atoms with van der Waals surface area (Å²) in [6.07, 6.45) is 10.4. The third kappa shape index (κ3) is 10.2. The zero-order valence-electron chi connectivity index (χ0n) is 17.5. The molecule has 1 saturated carbocycles. The maximum Gasteiger partial charge on any atom is 0.0589 e. The van der Waals surface area contributed by atoms with Crippen molar-refractivity contribution < 1.29 is 9.47 Å². The van der Waals surface area contributed by atoms with Crippen LogP contribution < -0.4 is 5.32 Å². The predicted molar refractivity (Wildman–Crippen MR) is 113 cm³/mol. The fourth-order valence-electron chi connectivity index (χ4n) is 3.74. The Bertz CT molecular complexity index is 461. The van der Waals surface area contributed by atoms with E-state index in [4.69, 9.17) is 9.47 Å². The summed E-state index contributed by atoms with van der Waals surface area (Å²) in [6, 6.07) is 11.3. The number of methoxy groups -OCH3 is 1. The van der Waals surface area contributed by atoms with Crippen molar-refractivity contribution in [1.82, 2.24) is 10.2 Å². The summed E-state index contributed by atoms with van der Waals surface area (Å²) in [5.74, 6) is 0. The molecule has 0 radical (unpaired) electrons. The van der Waals surface area contributed by atoms with Crippen LogP contribution in [0, 0.1) is 0 Å². The zero-order valence-corrected chi connectivity index (χ0v) is 17.5. The van der Waals surface area contributed by atoms with E-state index >= 15 is 0 Å². The molecule has 0 unspecified atom stereocenters. The Morgan fingerprint density at radius 1 is 0.926 bits per heavy atom. The van der Waals surface area contributed by atoms with Crippen molar-refractivity contribution in [3.05, 3.63) is 35.9 Å². The Labute approximate surface area is 166 Å². The van der Waals surface area contributed by atoms with E-state index in [1.807, 2.05) is 0 Å². The van der Waals surface area contributed by atoms with Crippen molar-refractivity contribution in [2.45, 2.75) is 70.1 Å². The summed E-state index contributed by atoms with van der Waals surface area (Å²) in [6.45, 7) is 4.95. The minimum atomic E-state index is 0.486. The van der Waals surface area contributed by atoms with Gasteiger partial charge < -0.3 is 19.7 Å². The van der Waals surface area contributed by atoms with E-state index in [1.54, 1.807) is 7.11 Å². The third-order valence-corrected chi connectivity index (χ3v) is 5.58. The topological polar surface area (TPSA) is 33.7 Å². The molecule has 1 aromatic carbocycles. The first-order valence-corrected chi connectivity index (χ1v) is 10.8. The van der Waals surface area contributed by atoms with Gasteiger partial charge in [-0.05, 0) is 57.7 Å². The number of nitrogens with one attached hydrogen (secondary N) is 1. The number of unbranched alkanes of at least 4 members (excludes halogenated alkanes) is 3. The molecule has 0 aliphatic heterocycles.